The molecule has 0 atom stereocenters. The van der Waals surface area contributed by atoms with Gasteiger partial charge >= 0.3 is 0 Å². The van der Waals surface area contributed by atoms with Gasteiger partial charge in [0.1, 0.15) is 0 Å². The molecule has 1 heterocycles. The zero-order chi connectivity index (χ0) is 14.9. The van der Waals surface area contributed by atoms with Gasteiger partial charge in [0.15, 0.2) is 11.5 Å². The number of anilines is 1. The molecule has 4 heteroatoms. The van der Waals surface area contributed by atoms with E-state index in [4.69, 9.17) is 14.7 Å². The summed E-state index contributed by atoms with van der Waals surface area (Å²) in [5, 5.41) is 12.4. The van der Waals surface area contributed by atoms with Crippen molar-refractivity contribution in [2.75, 3.05) is 5.32 Å². The summed E-state index contributed by atoms with van der Waals surface area (Å²) in [4.78, 5) is 0. The molecule has 3 rings (SSSR count). The lowest BCUT2D eigenvalue weighted by Gasteiger charge is -2.16. The van der Waals surface area contributed by atoms with Crippen LogP contribution in [-0.2, 0) is 6.54 Å². The number of rotatable bonds is 3. The first-order chi connectivity index (χ1) is 10.1. The van der Waals surface area contributed by atoms with Gasteiger partial charge in [-0.3, -0.25) is 0 Å². The van der Waals surface area contributed by atoms with Gasteiger partial charge in [-0.1, -0.05) is 18.2 Å². The summed E-state index contributed by atoms with van der Waals surface area (Å²) < 4.78 is 11.4. The van der Waals surface area contributed by atoms with Crippen LogP contribution in [0.25, 0.3) is 0 Å². The Morgan fingerprint density at radius 2 is 1.86 bits per heavy atom. The van der Waals surface area contributed by atoms with E-state index < -0.39 is 5.79 Å². The van der Waals surface area contributed by atoms with Crippen molar-refractivity contribution >= 4 is 5.69 Å². The van der Waals surface area contributed by atoms with E-state index in [1.165, 1.54) is 0 Å². The molecular weight excluding hydrogens is 264 g/mol. The Balaban J connectivity index is 1.74. The standard InChI is InChI=1S/C17H16N2O2/c1-17(2)20-15-8-7-14(9-16(15)21-17)19-11-13-6-4-3-5-12(13)10-18/h3-9,19H,11H2,1-2H3. The molecule has 0 aromatic heterocycles. The van der Waals surface area contributed by atoms with E-state index in [2.05, 4.69) is 11.4 Å². The summed E-state index contributed by atoms with van der Waals surface area (Å²) in [6.07, 6.45) is 0. The number of ether oxygens (including phenoxy) is 2. The lowest BCUT2D eigenvalue weighted by atomic mass is 10.1. The minimum atomic E-state index is -0.617. The molecule has 0 aliphatic carbocycles. The highest BCUT2D eigenvalue weighted by Crippen LogP contribution is 2.40. The molecule has 1 aliphatic rings. The molecule has 4 nitrogen and oxygen atoms in total. The summed E-state index contributed by atoms with van der Waals surface area (Å²) >= 11 is 0. The predicted octanol–water partition coefficient (Wildman–Crippen LogP) is 3.68. The van der Waals surface area contributed by atoms with Crippen molar-refractivity contribution in [3.63, 3.8) is 0 Å². The van der Waals surface area contributed by atoms with Gasteiger partial charge in [0.05, 0.1) is 11.6 Å². The predicted molar refractivity (Wildman–Crippen MR) is 80.3 cm³/mol. The highest BCUT2D eigenvalue weighted by molar-refractivity contribution is 5.56. The van der Waals surface area contributed by atoms with Gasteiger partial charge < -0.3 is 14.8 Å². The topological polar surface area (TPSA) is 54.3 Å². The summed E-state index contributed by atoms with van der Waals surface area (Å²) in [6, 6.07) is 15.5. The van der Waals surface area contributed by atoms with Crippen LogP contribution in [0, 0.1) is 11.3 Å². The highest BCUT2D eigenvalue weighted by atomic mass is 16.7. The van der Waals surface area contributed by atoms with Crippen LogP contribution in [0.15, 0.2) is 42.5 Å². The fourth-order valence-corrected chi connectivity index (χ4v) is 2.31. The average molecular weight is 280 g/mol. The SMILES string of the molecule is CC1(C)Oc2ccc(NCc3ccccc3C#N)cc2O1. The number of nitrogens with zero attached hydrogens (tertiary/aromatic N) is 1. The Bertz CT molecular complexity index is 717. The summed E-state index contributed by atoms with van der Waals surface area (Å²) in [5.74, 6) is 0.871. The first-order valence-electron chi connectivity index (χ1n) is 6.81. The molecule has 0 spiro atoms. The molecule has 1 aliphatic heterocycles. The largest absolute Gasteiger partial charge is 0.449 e. The van der Waals surface area contributed by atoms with E-state index in [0.717, 1.165) is 22.7 Å². The van der Waals surface area contributed by atoms with E-state index in [-0.39, 0.29) is 0 Å². The lowest BCUT2D eigenvalue weighted by molar-refractivity contribution is -0.0431. The van der Waals surface area contributed by atoms with Crippen LogP contribution in [0.2, 0.25) is 0 Å². The third kappa shape index (κ3) is 2.77. The Hall–Kier alpha value is -2.67. The van der Waals surface area contributed by atoms with Gasteiger partial charge in [0, 0.05) is 32.1 Å². The first kappa shape index (κ1) is 13.3. The normalized spacial score (nSPS) is 14.5. The van der Waals surface area contributed by atoms with Crippen molar-refractivity contribution in [3.8, 4) is 17.6 Å². The molecule has 0 saturated carbocycles. The van der Waals surface area contributed by atoms with Crippen molar-refractivity contribution < 1.29 is 9.47 Å². The zero-order valence-electron chi connectivity index (χ0n) is 12.0. The third-order valence-corrected chi connectivity index (χ3v) is 3.28. The van der Waals surface area contributed by atoms with Crippen molar-refractivity contribution in [3.05, 3.63) is 53.6 Å². The third-order valence-electron chi connectivity index (χ3n) is 3.28. The second-order valence-corrected chi connectivity index (χ2v) is 5.39. The highest BCUT2D eigenvalue weighted by Gasteiger charge is 2.31. The molecule has 1 N–H and O–H groups in total. The number of nitriles is 1. The van der Waals surface area contributed by atoms with Crippen LogP contribution in [0.5, 0.6) is 11.5 Å². The molecule has 2 aromatic rings. The Morgan fingerprint density at radius 1 is 1.10 bits per heavy atom. The molecule has 0 bridgehead atoms. The number of hydrogen-bond donors (Lipinski definition) is 1. The lowest BCUT2D eigenvalue weighted by Crippen LogP contribution is -2.29. The second-order valence-electron chi connectivity index (χ2n) is 5.39. The number of benzene rings is 2. The van der Waals surface area contributed by atoms with E-state index in [1.807, 2.05) is 56.3 Å². The van der Waals surface area contributed by atoms with Gasteiger partial charge in [0.25, 0.3) is 0 Å². The maximum Gasteiger partial charge on any atom is 0.246 e. The Morgan fingerprint density at radius 3 is 2.67 bits per heavy atom. The quantitative estimate of drug-likeness (QED) is 0.931. The summed E-state index contributed by atoms with van der Waals surface area (Å²) in [6.45, 7) is 4.35. The fourth-order valence-electron chi connectivity index (χ4n) is 2.31. The number of fused-ring (bicyclic) bond motifs is 1. The van der Waals surface area contributed by atoms with Crippen molar-refractivity contribution in [1.82, 2.24) is 0 Å². The van der Waals surface area contributed by atoms with Gasteiger partial charge in [-0.15, -0.1) is 0 Å². The second kappa shape index (κ2) is 5.02. The van der Waals surface area contributed by atoms with E-state index in [9.17, 15) is 0 Å². The van der Waals surface area contributed by atoms with Crippen LogP contribution in [0.4, 0.5) is 5.69 Å². The Kier molecular flexibility index (Phi) is 3.19. The van der Waals surface area contributed by atoms with E-state index in [1.54, 1.807) is 0 Å². The van der Waals surface area contributed by atoms with Crippen molar-refractivity contribution in [2.24, 2.45) is 0 Å². The maximum absolute atomic E-state index is 9.09. The smallest absolute Gasteiger partial charge is 0.246 e. The van der Waals surface area contributed by atoms with Crippen LogP contribution in [0.1, 0.15) is 25.0 Å². The molecule has 0 radical (unpaired) electrons. The minimum Gasteiger partial charge on any atom is -0.449 e. The molecule has 21 heavy (non-hydrogen) atoms. The zero-order valence-corrected chi connectivity index (χ0v) is 12.0. The van der Waals surface area contributed by atoms with E-state index >= 15 is 0 Å². The Labute approximate surface area is 123 Å². The number of hydrogen-bond acceptors (Lipinski definition) is 4. The average Bonchev–Trinajstić information content (AvgIpc) is 2.78. The molecule has 0 saturated heterocycles. The van der Waals surface area contributed by atoms with Crippen LogP contribution in [-0.4, -0.2) is 5.79 Å². The van der Waals surface area contributed by atoms with Gasteiger partial charge in [-0.2, -0.15) is 5.26 Å². The van der Waals surface area contributed by atoms with Crippen molar-refractivity contribution in [1.29, 1.82) is 5.26 Å². The maximum atomic E-state index is 9.09. The minimum absolute atomic E-state index is 0.590. The van der Waals surface area contributed by atoms with Gasteiger partial charge in [-0.05, 0) is 23.8 Å². The summed E-state index contributed by atoms with van der Waals surface area (Å²) in [7, 11) is 0. The van der Waals surface area contributed by atoms with Crippen LogP contribution >= 0.6 is 0 Å². The van der Waals surface area contributed by atoms with Gasteiger partial charge in [-0.25, -0.2) is 0 Å². The van der Waals surface area contributed by atoms with Crippen LogP contribution in [0.3, 0.4) is 0 Å². The molecule has 0 amide bonds. The van der Waals surface area contributed by atoms with Gasteiger partial charge in [0.2, 0.25) is 5.79 Å². The first-order valence-corrected chi connectivity index (χ1v) is 6.81. The molecule has 0 unspecified atom stereocenters. The molecule has 2 aromatic carbocycles. The van der Waals surface area contributed by atoms with Crippen molar-refractivity contribution in [2.45, 2.75) is 26.2 Å². The fraction of sp³-hybridized carbons (Fsp3) is 0.235. The van der Waals surface area contributed by atoms with Crippen LogP contribution < -0.4 is 14.8 Å². The van der Waals surface area contributed by atoms with E-state index in [0.29, 0.717) is 12.1 Å². The molecular formula is C17H16N2O2. The molecule has 106 valence electrons. The monoisotopic (exact) mass is 280 g/mol. The molecule has 0 fully saturated rings. The number of nitrogens with one attached hydrogen (secondary N) is 1. The summed E-state index contributed by atoms with van der Waals surface area (Å²) in [5.41, 5.74) is 2.59.